The van der Waals surface area contributed by atoms with Crippen molar-refractivity contribution in [1.82, 2.24) is 15.8 Å². The van der Waals surface area contributed by atoms with Crippen LogP contribution in [0.1, 0.15) is 42.5 Å². The summed E-state index contributed by atoms with van der Waals surface area (Å²) in [5, 5.41) is 0. The van der Waals surface area contributed by atoms with Crippen molar-refractivity contribution in [1.29, 1.82) is 0 Å². The minimum absolute atomic E-state index is 0.0886. The molecule has 4 aliphatic rings. The van der Waals surface area contributed by atoms with Gasteiger partial charge in [-0.15, -0.1) is 0 Å². The molecule has 2 N–H and O–H groups in total. The third kappa shape index (κ3) is 1.99. The van der Waals surface area contributed by atoms with Crippen LogP contribution in [0.5, 0.6) is 0 Å². The molecule has 4 aliphatic carbocycles. The van der Waals surface area contributed by atoms with E-state index in [-0.39, 0.29) is 5.91 Å². The molecule has 4 bridgehead atoms. The number of nitrogens with one attached hydrogen (secondary N) is 2. The van der Waals surface area contributed by atoms with Crippen LogP contribution >= 0.6 is 0 Å². The highest BCUT2D eigenvalue weighted by molar-refractivity contribution is 5.93. The van der Waals surface area contributed by atoms with Gasteiger partial charge in [-0.2, -0.15) is 0 Å². The summed E-state index contributed by atoms with van der Waals surface area (Å²) in [6.45, 7) is 0. The Hall–Kier alpha value is -1.84. The van der Waals surface area contributed by atoms with Gasteiger partial charge in [-0.1, -0.05) is 0 Å². The number of hydrogen-bond donors (Lipinski definition) is 2. The van der Waals surface area contributed by atoms with Crippen molar-refractivity contribution in [2.24, 2.45) is 17.8 Å². The van der Waals surface area contributed by atoms with Gasteiger partial charge in [0.1, 0.15) is 0 Å². The summed E-state index contributed by atoms with van der Waals surface area (Å²) in [4.78, 5) is 16.0. The lowest BCUT2D eigenvalue weighted by Crippen LogP contribution is -2.45. The maximum absolute atomic E-state index is 12.1. The monoisotopic (exact) mass is 269 g/mol. The fourth-order valence-electron chi connectivity index (χ4n) is 4.31. The van der Waals surface area contributed by atoms with E-state index < -0.39 is 0 Å². The summed E-state index contributed by atoms with van der Waals surface area (Å²) in [7, 11) is 0. The van der Waals surface area contributed by atoms with Gasteiger partial charge in [-0.05, 0) is 61.6 Å². The van der Waals surface area contributed by atoms with Gasteiger partial charge in [0.25, 0.3) is 5.91 Å². The van der Waals surface area contributed by atoms with Crippen LogP contribution in [0.15, 0.2) is 35.8 Å². The Balaban J connectivity index is 1.46. The number of pyridine rings is 1. The van der Waals surface area contributed by atoms with E-state index in [4.69, 9.17) is 0 Å². The molecule has 4 heteroatoms. The lowest BCUT2D eigenvalue weighted by atomic mass is 9.60. The van der Waals surface area contributed by atoms with Crippen LogP contribution in [0.25, 0.3) is 0 Å². The zero-order valence-corrected chi connectivity index (χ0v) is 11.4. The Morgan fingerprint density at radius 3 is 2.45 bits per heavy atom. The van der Waals surface area contributed by atoms with Crippen LogP contribution in [0, 0.1) is 17.8 Å². The minimum atomic E-state index is -0.0886. The highest BCUT2D eigenvalue weighted by Gasteiger charge is 2.41. The predicted octanol–water partition coefficient (Wildman–Crippen LogP) is 2.41. The molecule has 2 atom stereocenters. The Morgan fingerprint density at radius 1 is 1.10 bits per heavy atom. The molecule has 104 valence electrons. The lowest BCUT2D eigenvalue weighted by molar-refractivity contribution is 0.0924. The van der Waals surface area contributed by atoms with Crippen molar-refractivity contribution in [3.05, 3.63) is 41.4 Å². The van der Waals surface area contributed by atoms with Crippen LogP contribution in [-0.4, -0.2) is 10.9 Å². The standard InChI is InChI=1S/C16H19N3O/c20-16(12-1-3-17-4-2-12)19-18-15-13-6-10-5-11(8-13)9-14(15)7-10/h1-4,10-11,13,18H,5-9H2,(H,19,20). The molecule has 1 aromatic heterocycles. The molecule has 1 aromatic rings. The van der Waals surface area contributed by atoms with Crippen molar-refractivity contribution in [2.75, 3.05) is 0 Å². The van der Waals surface area contributed by atoms with Crippen LogP contribution in [0.3, 0.4) is 0 Å². The Kier molecular flexibility index (Phi) is 2.76. The average molecular weight is 269 g/mol. The van der Waals surface area contributed by atoms with E-state index in [0.717, 1.165) is 11.8 Å². The van der Waals surface area contributed by atoms with E-state index in [1.807, 2.05) is 0 Å². The normalized spacial score (nSPS) is 30.5. The molecule has 4 nitrogen and oxygen atoms in total. The van der Waals surface area contributed by atoms with E-state index in [1.54, 1.807) is 30.1 Å². The zero-order chi connectivity index (χ0) is 13.5. The number of nitrogens with zero attached hydrogens (tertiary/aromatic N) is 1. The first-order chi connectivity index (χ1) is 9.79. The summed E-state index contributed by atoms with van der Waals surface area (Å²) in [5.41, 5.74) is 9.58. The first-order valence-corrected chi connectivity index (χ1v) is 7.48. The van der Waals surface area contributed by atoms with Gasteiger partial charge in [0.15, 0.2) is 0 Å². The zero-order valence-electron chi connectivity index (χ0n) is 11.4. The summed E-state index contributed by atoms with van der Waals surface area (Å²) in [6.07, 6.45) is 9.78. The molecule has 0 spiro atoms. The quantitative estimate of drug-likeness (QED) is 0.829. The highest BCUT2D eigenvalue weighted by atomic mass is 16.2. The van der Waals surface area contributed by atoms with Gasteiger partial charge >= 0.3 is 0 Å². The fraction of sp³-hybridized carbons (Fsp3) is 0.500. The molecule has 0 aromatic carbocycles. The van der Waals surface area contributed by atoms with Gasteiger partial charge in [-0.3, -0.25) is 15.2 Å². The molecular weight excluding hydrogens is 250 g/mol. The molecular formula is C16H19N3O. The van der Waals surface area contributed by atoms with Crippen molar-refractivity contribution in [2.45, 2.75) is 32.1 Å². The number of hydrazine groups is 1. The van der Waals surface area contributed by atoms with E-state index in [2.05, 4.69) is 15.8 Å². The molecule has 1 amide bonds. The highest BCUT2D eigenvalue weighted by Crippen LogP contribution is 2.52. The lowest BCUT2D eigenvalue weighted by Gasteiger charge is -2.47. The number of amides is 1. The van der Waals surface area contributed by atoms with Gasteiger partial charge in [0.05, 0.1) is 0 Å². The van der Waals surface area contributed by atoms with Crippen LogP contribution < -0.4 is 10.9 Å². The maximum atomic E-state index is 12.1. The van der Waals surface area contributed by atoms with Crippen molar-refractivity contribution < 1.29 is 4.79 Å². The molecule has 1 heterocycles. The topological polar surface area (TPSA) is 54.0 Å². The number of aromatic nitrogens is 1. The van der Waals surface area contributed by atoms with E-state index in [1.165, 1.54) is 37.8 Å². The van der Waals surface area contributed by atoms with Crippen LogP contribution in [-0.2, 0) is 0 Å². The molecule has 5 rings (SSSR count). The third-order valence-electron chi connectivity index (χ3n) is 5.01. The van der Waals surface area contributed by atoms with E-state index in [0.29, 0.717) is 11.5 Å². The molecule has 0 saturated heterocycles. The number of allylic oxidation sites excluding steroid dienone is 2. The van der Waals surface area contributed by atoms with Crippen LogP contribution in [0.2, 0.25) is 0 Å². The second-order valence-electron chi connectivity index (χ2n) is 6.38. The van der Waals surface area contributed by atoms with Gasteiger partial charge in [-0.25, -0.2) is 0 Å². The van der Waals surface area contributed by atoms with Crippen molar-refractivity contribution in [3.63, 3.8) is 0 Å². The number of hydrogen-bond acceptors (Lipinski definition) is 3. The van der Waals surface area contributed by atoms with Gasteiger partial charge in [0, 0.05) is 29.6 Å². The summed E-state index contributed by atoms with van der Waals surface area (Å²) >= 11 is 0. The number of carbonyl (C=O) groups is 1. The smallest absolute Gasteiger partial charge is 0.269 e. The number of rotatable bonds is 3. The predicted molar refractivity (Wildman–Crippen MR) is 75.4 cm³/mol. The van der Waals surface area contributed by atoms with Crippen molar-refractivity contribution in [3.8, 4) is 0 Å². The Morgan fingerprint density at radius 2 is 1.80 bits per heavy atom. The van der Waals surface area contributed by atoms with Crippen molar-refractivity contribution >= 4 is 5.91 Å². The SMILES string of the molecule is O=C(NNC1=C2CC3CC(C2)CC1C3)c1ccncc1. The van der Waals surface area contributed by atoms with E-state index >= 15 is 0 Å². The van der Waals surface area contributed by atoms with Gasteiger partial charge in [0.2, 0.25) is 0 Å². The largest absolute Gasteiger partial charge is 0.302 e. The molecule has 20 heavy (non-hydrogen) atoms. The first kappa shape index (κ1) is 11.9. The minimum Gasteiger partial charge on any atom is -0.302 e. The maximum Gasteiger partial charge on any atom is 0.269 e. The molecule has 2 unspecified atom stereocenters. The summed E-state index contributed by atoms with van der Waals surface area (Å²) < 4.78 is 0. The summed E-state index contributed by atoms with van der Waals surface area (Å²) in [5.74, 6) is 2.37. The van der Waals surface area contributed by atoms with Gasteiger partial charge < -0.3 is 5.43 Å². The second-order valence-corrected chi connectivity index (χ2v) is 6.38. The molecule has 0 radical (unpaired) electrons. The first-order valence-electron chi connectivity index (χ1n) is 7.48. The summed E-state index contributed by atoms with van der Waals surface area (Å²) in [6, 6.07) is 3.46. The average Bonchev–Trinajstić information content (AvgIpc) is 2.46. The third-order valence-corrected chi connectivity index (χ3v) is 5.01. The molecule has 0 aliphatic heterocycles. The Labute approximate surface area is 118 Å². The van der Waals surface area contributed by atoms with Crippen LogP contribution in [0.4, 0.5) is 0 Å². The molecule has 2 fully saturated rings. The number of carbonyl (C=O) groups excluding carboxylic acids is 1. The fourth-order valence-corrected chi connectivity index (χ4v) is 4.31. The van der Waals surface area contributed by atoms with E-state index in [9.17, 15) is 4.79 Å². The molecule has 2 saturated carbocycles. The second kappa shape index (κ2) is 4.62. The Bertz CT molecular complexity index is 550.